The molecule has 1 aromatic carbocycles. The Morgan fingerprint density at radius 3 is 2.59 bits per heavy atom. The number of allylic oxidation sites excluding steroid dienone is 1. The first-order chi connectivity index (χ1) is 13.0. The van der Waals surface area contributed by atoms with Gasteiger partial charge in [-0.05, 0) is 45.0 Å². The number of anilines is 1. The number of hydrogen-bond acceptors (Lipinski definition) is 4. The van der Waals surface area contributed by atoms with Crippen LogP contribution >= 0.6 is 0 Å². The molecule has 5 heteroatoms. The smallest absolute Gasteiger partial charge is 0.157 e. The van der Waals surface area contributed by atoms with Crippen LogP contribution in [0.3, 0.4) is 0 Å². The monoisotopic (exact) mass is 359 g/mol. The number of nitrogens with zero attached hydrogens (tertiary/aromatic N) is 5. The van der Waals surface area contributed by atoms with Gasteiger partial charge in [-0.3, -0.25) is 4.40 Å². The second-order valence-corrected chi connectivity index (χ2v) is 7.60. The molecule has 1 aliphatic heterocycles. The van der Waals surface area contributed by atoms with Crippen molar-refractivity contribution >= 4 is 22.5 Å². The van der Waals surface area contributed by atoms with E-state index in [1.54, 1.807) is 0 Å². The number of benzene rings is 1. The van der Waals surface area contributed by atoms with Crippen LogP contribution in [0.2, 0.25) is 0 Å². The van der Waals surface area contributed by atoms with Gasteiger partial charge in [0, 0.05) is 31.7 Å². The number of nitriles is 1. The largest absolute Gasteiger partial charge is 0.355 e. The summed E-state index contributed by atoms with van der Waals surface area (Å²) in [6, 6.07) is 10.6. The Bertz CT molecular complexity index is 1080. The summed E-state index contributed by atoms with van der Waals surface area (Å²) < 4.78 is 2.20. The quantitative estimate of drug-likeness (QED) is 0.671. The highest BCUT2D eigenvalue weighted by atomic mass is 15.3. The fourth-order valence-electron chi connectivity index (χ4n) is 4.03. The van der Waals surface area contributed by atoms with Crippen LogP contribution in [0.1, 0.15) is 23.6 Å². The molecule has 1 aliphatic rings. The van der Waals surface area contributed by atoms with Crippen molar-refractivity contribution in [1.29, 1.82) is 5.26 Å². The van der Waals surface area contributed by atoms with Crippen molar-refractivity contribution in [1.82, 2.24) is 14.3 Å². The Morgan fingerprint density at radius 2 is 1.93 bits per heavy atom. The number of rotatable bonds is 3. The molecule has 138 valence electrons. The summed E-state index contributed by atoms with van der Waals surface area (Å²) >= 11 is 0. The second-order valence-electron chi connectivity index (χ2n) is 7.60. The third-order valence-corrected chi connectivity index (χ3v) is 5.49. The first-order valence-electron chi connectivity index (χ1n) is 9.42. The average molecular weight is 359 g/mol. The highest BCUT2D eigenvalue weighted by Crippen LogP contribution is 2.34. The number of hydrogen-bond donors (Lipinski definition) is 0. The van der Waals surface area contributed by atoms with Crippen LogP contribution in [0.5, 0.6) is 0 Å². The zero-order chi connectivity index (χ0) is 19.1. The van der Waals surface area contributed by atoms with E-state index in [2.05, 4.69) is 53.8 Å². The van der Waals surface area contributed by atoms with Crippen molar-refractivity contribution in [3.05, 3.63) is 53.1 Å². The highest BCUT2D eigenvalue weighted by Gasteiger charge is 2.25. The minimum Gasteiger partial charge on any atom is -0.355 e. The molecule has 4 rings (SSSR count). The Labute approximate surface area is 160 Å². The van der Waals surface area contributed by atoms with Gasteiger partial charge in [-0.25, -0.2) is 4.98 Å². The zero-order valence-corrected chi connectivity index (χ0v) is 16.3. The summed E-state index contributed by atoms with van der Waals surface area (Å²) in [6.45, 7) is 12.2. The SMILES string of the molecule is C=C(C)Cc1c(C)c(C#N)c2nc3ccccc3n2c1N1CCN(C)CC1. The van der Waals surface area contributed by atoms with Crippen molar-refractivity contribution in [3.8, 4) is 6.07 Å². The molecule has 0 radical (unpaired) electrons. The number of para-hydroxylation sites is 2. The van der Waals surface area contributed by atoms with Gasteiger partial charge in [0.15, 0.2) is 5.65 Å². The minimum atomic E-state index is 0.667. The molecule has 0 saturated carbocycles. The molecule has 2 aromatic heterocycles. The van der Waals surface area contributed by atoms with Gasteiger partial charge in [0.05, 0.1) is 16.6 Å². The maximum atomic E-state index is 9.89. The number of fused-ring (bicyclic) bond motifs is 3. The Morgan fingerprint density at radius 1 is 1.22 bits per heavy atom. The summed E-state index contributed by atoms with van der Waals surface area (Å²) in [5, 5.41) is 9.89. The van der Waals surface area contributed by atoms with E-state index in [0.717, 1.165) is 60.4 Å². The summed E-state index contributed by atoms with van der Waals surface area (Å²) in [4.78, 5) is 9.63. The molecule has 0 spiro atoms. The first-order valence-corrected chi connectivity index (χ1v) is 9.42. The normalized spacial score (nSPS) is 15.4. The topological polar surface area (TPSA) is 47.6 Å². The lowest BCUT2D eigenvalue weighted by Gasteiger charge is -2.36. The molecule has 3 heterocycles. The molecule has 0 bridgehead atoms. The molecule has 0 N–H and O–H groups in total. The molecule has 0 atom stereocenters. The highest BCUT2D eigenvalue weighted by molar-refractivity contribution is 5.86. The summed E-state index contributed by atoms with van der Waals surface area (Å²) in [6.07, 6.45) is 0.768. The third-order valence-electron chi connectivity index (χ3n) is 5.49. The summed E-state index contributed by atoms with van der Waals surface area (Å²) in [5.41, 5.74) is 6.73. The predicted octanol–water partition coefficient (Wildman–Crippen LogP) is 3.54. The predicted molar refractivity (Wildman–Crippen MR) is 110 cm³/mol. The van der Waals surface area contributed by atoms with Crippen LogP contribution in [0.25, 0.3) is 16.7 Å². The number of aromatic nitrogens is 2. The standard InChI is InChI=1S/C22H25N5/c1-15(2)13-17-16(3)18(14-23)21-24-19-7-5-6-8-20(19)27(21)22(17)26-11-9-25(4)10-12-26/h5-8H,1,9-13H2,2-4H3. The maximum Gasteiger partial charge on any atom is 0.157 e. The van der Waals surface area contributed by atoms with E-state index in [1.165, 1.54) is 11.4 Å². The van der Waals surface area contributed by atoms with E-state index < -0.39 is 0 Å². The zero-order valence-electron chi connectivity index (χ0n) is 16.3. The van der Waals surface area contributed by atoms with Gasteiger partial charge in [-0.1, -0.05) is 24.3 Å². The van der Waals surface area contributed by atoms with Crippen LogP contribution in [0, 0.1) is 18.3 Å². The van der Waals surface area contributed by atoms with E-state index in [9.17, 15) is 5.26 Å². The first kappa shape index (κ1) is 17.6. The third kappa shape index (κ3) is 2.87. The Kier molecular flexibility index (Phi) is 4.37. The molecule has 3 aromatic rings. The van der Waals surface area contributed by atoms with Gasteiger partial charge in [0.25, 0.3) is 0 Å². The van der Waals surface area contributed by atoms with Gasteiger partial charge in [0.1, 0.15) is 11.9 Å². The van der Waals surface area contributed by atoms with E-state index in [0.29, 0.717) is 5.56 Å². The van der Waals surface area contributed by atoms with E-state index in [-0.39, 0.29) is 0 Å². The molecule has 0 unspecified atom stereocenters. The van der Waals surface area contributed by atoms with Gasteiger partial charge in [-0.15, -0.1) is 0 Å². The molecule has 0 aliphatic carbocycles. The van der Waals surface area contributed by atoms with Gasteiger partial charge < -0.3 is 9.80 Å². The molecular weight excluding hydrogens is 334 g/mol. The molecule has 1 fully saturated rings. The lowest BCUT2D eigenvalue weighted by molar-refractivity contribution is 0.311. The number of imidazole rings is 1. The van der Waals surface area contributed by atoms with Crippen LogP contribution in [-0.4, -0.2) is 47.5 Å². The van der Waals surface area contributed by atoms with E-state index in [1.807, 2.05) is 18.2 Å². The molecular formula is C22H25N5. The van der Waals surface area contributed by atoms with Crippen molar-refractivity contribution in [2.24, 2.45) is 0 Å². The molecule has 1 saturated heterocycles. The number of likely N-dealkylation sites (N-methyl/N-ethyl adjacent to an activating group) is 1. The maximum absolute atomic E-state index is 9.89. The van der Waals surface area contributed by atoms with Crippen molar-refractivity contribution in [2.75, 3.05) is 38.1 Å². The van der Waals surface area contributed by atoms with E-state index >= 15 is 0 Å². The number of pyridine rings is 1. The van der Waals surface area contributed by atoms with Gasteiger partial charge in [-0.2, -0.15) is 5.26 Å². The molecule has 0 amide bonds. The average Bonchev–Trinajstić information content (AvgIpc) is 3.02. The van der Waals surface area contributed by atoms with Gasteiger partial charge in [0.2, 0.25) is 0 Å². The van der Waals surface area contributed by atoms with Crippen LogP contribution in [0.15, 0.2) is 36.4 Å². The lowest BCUT2D eigenvalue weighted by atomic mass is 9.98. The van der Waals surface area contributed by atoms with Crippen molar-refractivity contribution < 1.29 is 0 Å². The fourth-order valence-corrected chi connectivity index (χ4v) is 4.03. The second kappa shape index (κ2) is 6.71. The summed E-state index contributed by atoms with van der Waals surface area (Å²) in [5.74, 6) is 1.17. The number of piperazine rings is 1. The minimum absolute atomic E-state index is 0.667. The van der Waals surface area contributed by atoms with E-state index in [4.69, 9.17) is 4.98 Å². The molecule has 5 nitrogen and oxygen atoms in total. The Hall–Kier alpha value is -2.84. The lowest BCUT2D eigenvalue weighted by Crippen LogP contribution is -2.45. The van der Waals surface area contributed by atoms with Crippen molar-refractivity contribution in [3.63, 3.8) is 0 Å². The molecule has 27 heavy (non-hydrogen) atoms. The van der Waals surface area contributed by atoms with Crippen LogP contribution in [0.4, 0.5) is 5.82 Å². The van der Waals surface area contributed by atoms with Crippen LogP contribution in [-0.2, 0) is 6.42 Å². The van der Waals surface area contributed by atoms with Crippen molar-refractivity contribution in [2.45, 2.75) is 20.3 Å². The Balaban J connectivity index is 2.10. The van der Waals surface area contributed by atoms with Crippen LogP contribution < -0.4 is 4.90 Å². The van der Waals surface area contributed by atoms with Gasteiger partial charge >= 0.3 is 0 Å². The summed E-state index contributed by atoms with van der Waals surface area (Å²) in [7, 11) is 2.17. The fraction of sp³-hybridized carbons (Fsp3) is 0.364.